The summed E-state index contributed by atoms with van der Waals surface area (Å²) in [6.45, 7) is 3.58. The van der Waals surface area contributed by atoms with Crippen molar-refractivity contribution in [3.63, 3.8) is 0 Å². The van der Waals surface area contributed by atoms with Crippen molar-refractivity contribution in [1.29, 1.82) is 0 Å². The Morgan fingerprint density at radius 1 is 1.24 bits per heavy atom. The van der Waals surface area contributed by atoms with Crippen molar-refractivity contribution < 1.29 is 14.0 Å². The lowest BCUT2D eigenvalue weighted by molar-refractivity contribution is -0.132. The molecular weight excluding hydrogens is 321 g/mol. The van der Waals surface area contributed by atoms with Gasteiger partial charge in [-0.3, -0.25) is 14.6 Å². The molecule has 25 heavy (non-hydrogen) atoms. The number of nitrogens with zero attached hydrogens (tertiary/aromatic N) is 2. The van der Waals surface area contributed by atoms with E-state index in [2.05, 4.69) is 10.3 Å². The number of halogens is 1. The Labute approximate surface area is 146 Å². The number of pyridine rings is 1. The van der Waals surface area contributed by atoms with Gasteiger partial charge in [0.1, 0.15) is 12.4 Å². The van der Waals surface area contributed by atoms with Crippen molar-refractivity contribution in [2.24, 2.45) is 0 Å². The van der Waals surface area contributed by atoms with Crippen LogP contribution < -0.4 is 5.32 Å². The topological polar surface area (TPSA) is 62.3 Å². The van der Waals surface area contributed by atoms with Gasteiger partial charge in [-0.25, -0.2) is 4.39 Å². The van der Waals surface area contributed by atoms with Gasteiger partial charge in [-0.2, -0.15) is 0 Å². The normalized spacial score (nSPS) is 10.9. The van der Waals surface area contributed by atoms with E-state index in [-0.39, 0.29) is 30.2 Å². The fourth-order valence-electron chi connectivity index (χ4n) is 2.14. The summed E-state index contributed by atoms with van der Waals surface area (Å²) in [5.41, 5.74) is 1.28. The highest BCUT2D eigenvalue weighted by Gasteiger charge is 2.18. The van der Waals surface area contributed by atoms with Crippen LogP contribution in [0.4, 0.5) is 10.1 Å². The molecule has 2 rings (SSSR count). The molecule has 1 N–H and O–H groups in total. The van der Waals surface area contributed by atoms with E-state index < -0.39 is 0 Å². The minimum atomic E-state index is -0.377. The van der Waals surface area contributed by atoms with E-state index >= 15 is 0 Å². The number of amides is 2. The van der Waals surface area contributed by atoms with E-state index in [0.717, 1.165) is 5.56 Å². The predicted molar refractivity (Wildman–Crippen MR) is 95.1 cm³/mol. The summed E-state index contributed by atoms with van der Waals surface area (Å²) < 4.78 is 12.9. The summed E-state index contributed by atoms with van der Waals surface area (Å²) in [7, 11) is 0. The van der Waals surface area contributed by atoms with E-state index in [1.165, 1.54) is 35.2 Å². The van der Waals surface area contributed by atoms with Crippen molar-refractivity contribution in [2.45, 2.75) is 19.9 Å². The Kier molecular flexibility index (Phi) is 6.39. The van der Waals surface area contributed by atoms with Crippen LogP contribution >= 0.6 is 0 Å². The lowest BCUT2D eigenvalue weighted by atomic mass is 10.2. The van der Waals surface area contributed by atoms with Crippen LogP contribution in [0.2, 0.25) is 0 Å². The minimum absolute atomic E-state index is 0.0920. The van der Waals surface area contributed by atoms with Crippen molar-refractivity contribution in [3.8, 4) is 0 Å². The van der Waals surface area contributed by atoms with Crippen LogP contribution in [-0.4, -0.2) is 34.3 Å². The summed E-state index contributed by atoms with van der Waals surface area (Å²) in [5.74, 6) is -0.992. The number of hydrogen-bond donors (Lipinski definition) is 1. The Morgan fingerprint density at radius 2 is 1.96 bits per heavy atom. The first-order valence-corrected chi connectivity index (χ1v) is 7.90. The molecule has 130 valence electrons. The molecule has 0 unspecified atom stereocenters. The number of carbonyl (C=O) groups excluding carboxylic acids is 2. The van der Waals surface area contributed by atoms with Crippen LogP contribution in [0.5, 0.6) is 0 Å². The largest absolute Gasteiger partial charge is 0.327 e. The maximum atomic E-state index is 12.9. The van der Waals surface area contributed by atoms with Crippen LogP contribution in [-0.2, 0) is 9.59 Å². The van der Waals surface area contributed by atoms with Crippen LogP contribution in [0.3, 0.4) is 0 Å². The number of benzene rings is 1. The van der Waals surface area contributed by atoms with Gasteiger partial charge in [-0.15, -0.1) is 0 Å². The van der Waals surface area contributed by atoms with Gasteiger partial charge in [0.05, 0.1) is 0 Å². The first-order chi connectivity index (χ1) is 12.0. The van der Waals surface area contributed by atoms with E-state index in [1.807, 2.05) is 19.9 Å². The average molecular weight is 341 g/mol. The molecule has 0 fully saturated rings. The van der Waals surface area contributed by atoms with Gasteiger partial charge in [-0.1, -0.05) is 6.07 Å². The Bertz CT molecular complexity index is 743. The summed E-state index contributed by atoms with van der Waals surface area (Å²) >= 11 is 0. The lowest BCUT2D eigenvalue weighted by Gasteiger charge is -2.24. The molecule has 0 saturated heterocycles. The molecule has 0 saturated carbocycles. The third-order valence-electron chi connectivity index (χ3n) is 3.45. The molecule has 2 aromatic rings. The lowest BCUT2D eigenvalue weighted by Crippen LogP contribution is -2.41. The molecule has 1 heterocycles. The molecule has 0 aliphatic carbocycles. The number of hydrogen-bond acceptors (Lipinski definition) is 3. The number of aromatic nitrogens is 1. The van der Waals surface area contributed by atoms with Crippen LogP contribution in [0, 0.1) is 5.82 Å². The van der Waals surface area contributed by atoms with E-state index in [9.17, 15) is 14.0 Å². The first-order valence-electron chi connectivity index (χ1n) is 7.90. The number of nitrogens with one attached hydrogen (secondary N) is 1. The maximum Gasteiger partial charge on any atom is 0.247 e. The second kappa shape index (κ2) is 8.73. The van der Waals surface area contributed by atoms with E-state index in [1.54, 1.807) is 24.5 Å². The van der Waals surface area contributed by atoms with Gasteiger partial charge >= 0.3 is 0 Å². The molecule has 0 atom stereocenters. The number of anilines is 1. The average Bonchev–Trinajstić information content (AvgIpc) is 2.60. The zero-order chi connectivity index (χ0) is 18.2. The number of carbonyl (C=O) groups is 2. The molecule has 0 aliphatic rings. The third-order valence-corrected chi connectivity index (χ3v) is 3.45. The molecule has 1 aromatic heterocycles. The molecule has 0 radical (unpaired) electrons. The zero-order valence-corrected chi connectivity index (χ0v) is 14.1. The Balaban J connectivity index is 1.99. The van der Waals surface area contributed by atoms with Gasteiger partial charge in [-0.05, 0) is 55.8 Å². The summed E-state index contributed by atoms with van der Waals surface area (Å²) in [4.78, 5) is 30.0. The smallest absolute Gasteiger partial charge is 0.247 e. The zero-order valence-electron chi connectivity index (χ0n) is 14.1. The summed E-state index contributed by atoms with van der Waals surface area (Å²) in [5, 5.41) is 2.65. The monoisotopic (exact) mass is 341 g/mol. The van der Waals surface area contributed by atoms with Gasteiger partial charge in [0.15, 0.2) is 0 Å². The highest BCUT2D eigenvalue weighted by molar-refractivity contribution is 5.98. The summed E-state index contributed by atoms with van der Waals surface area (Å²) in [6.07, 6.45) is 6.37. The van der Waals surface area contributed by atoms with Crippen LogP contribution in [0.1, 0.15) is 19.4 Å². The molecule has 0 spiro atoms. The van der Waals surface area contributed by atoms with E-state index in [4.69, 9.17) is 0 Å². The third kappa shape index (κ3) is 5.84. The van der Waals surface area contributed by atoms with Gasteiger partial charge in [0.25, 0.3) is 0 Å². The van der Waals surface area contributed by atoms with Crippen molar-refractivity contribution in [2.75, 3.05) is 11.9 Å². The molecule has 5 nitrogen and oxygen atoms in total. The van der Waals surface area contributed by atoms with Gasteiger partial charge < -0.3 is 10.2 Å². The fraction of sp³-hybridized carbons (Fsp3) is 0.211. The number of rotatable bonds is 6. The highest BCUT2D eigenvalue weighted by atomic mass is 19.1. The molecule has 2 amide bonds. The minimum Gasteiger partial charge on any atom is -0.327 e. The molecular formula is C19H20FN3O2. The first kappa shape index (κ1) is 18.3. The molecule has 1 aromatic carbocycles. The SMILES string of the molecule is CC(C)N(CC(=O)Nc1ccc(F)cc1)C(=O)/C=C\c1cccnc1. The quantitative estimate of drug-likeness (QED) is 0.821. The van der Waals surface area contributed by atoms with Crippen molar-refractivity contribution >= 4 is 23.6 Å². The van der Waals surface area contributed by atoms with E-state index in [0.29, 0.717) is 5.69 Å². The Hall–Kier alpha value is -3.02. The second-order valence-electron chi connectivity index (χ2n) is 5.73. The standard InChI is InChI=1S/C19H20FN3O2/c1-14(2)23(19(25)10-5-15-4-3-11-21-12-15)13-18(24)22-17-8-6-16(20)7-9-17/h3-12,14H,13H2,1-2H3,(H,22,24)/b10-5-. The maximum absolute atomic E-state index is 12.9. The Morgan fingerprint density at radius 3 is 2.56 bits per heavy atom. The second-order valence-corrected chi connectivity index (χ2v) is 5.73. The molecule has 0 aliphatic heterocycles. The molecule has 6 heteroatoms. The van der Waals surface area contributed by atoms with Crippen molar-refractivity contribution in [1.82, 2.24) is 9.88 Å². The highest BCUT2D eigenvalue weighted by Crippen LogP contribution is 2.09. The van der Waals surface area contributed by atoms with Gasteiger partial charge in [0.2, 0.25) is 11.8 Å². The van der Waals surface area contributed by atoms with Crippen LogP contribution in [0.25, 0.3) is 6.08 Å². The fourth-order valence-corrected chi connectivity index (χ4v) is 2.14. The predicted octanol–water partition coefficient (Wildman–Crippen LogP) is 3.11. The van der Waals surface area contributed by atoms with Crippen molar-refractivity contribution in [3.05, 3.63) is 66.2 Å². The molecule has 0 bridgehead atoms. The summed E-state index contributed by atoms with van der Waals surface area (Å²) in [6, 6.07) is 8.92. The van der Waals surface area contributed by atoms with Gasteiger partial charge in [0, 0.05) is 30.2 Å². The van der Waals surface area contributed by atoms with Crippen LogP contribution in [0.15, 0.2) is 54.9 Å².